The molecule has 7 nitrogen and oxygen atoms in total. The lowest BCUT2D eigenvalue weighted by Crippen LogP contribution is -2.43. The first-order valence-electron chi connectivity index (χ1n) is 8.94. The van der Waals surface area contributed by atoms with Gasteiger partial charge in [-0.1, -0.05) is 30.3 Å². The van der Waals surface area contributed by atoms with Crippen LogP contribution in [0, 0.1) is 5.92 Å². The Bertz CT molecular complexity index is 744. The quantitative estimate of drug-likeness (QED) is 0.894. The summed E-state index contributed by atoms with van der Waals surface area (Å²) in [7, 11) is 0. The van der Waals surface area contributed by atoms with Gasteiger partial charge in [0, 0.05) is 25.8 Å². The van der Waals surface area contributed by atoms with E-state index in [4.69, 9.17) is 4.74 Å². The second kappa shape index (κ2) is 8.51. The second-order valence-corrected chi connectivity index (χ2v) is 6.40. The first kappa shape index (κ1) is 18.0. The van der Waals surface area contributed by atoms with Crippen molar-refractivity contribution >= 4 is 17.7 Å². The van der Waals surface area contributed by atoms with Gasteiger partial charge in [-0.15, -0.1) is 0 Å². The normalized spacial score (nSPS) is 17.0. The molecule has 1 atom stereocenters. The highest BCUT2D eigenvalue weighted by atomic mass is 16.6. The minimum Gasteiger partial charge on any atom is -0.445 e. The minimum atomic E-state index is -0.370. The van der Waals surface area contributed by atoms with Crippen LogP contribution >= 0.6 is 0 Å². The predicted octanol–water partition coefficient (Wildman–Crippen LogP) is 2.89. The average molecular weight is 356 g/mol. The molecule has 1 aliphatic rings. The van der Waals surface area contributed by atoms with E-state index in [1.165, 1.54) is 0 Å². The van der Waals surface area contributed by atoms with Crippen LogP contribution in [0.3, 0.4) is 0 Å². The SMILES string of the molecule is CCn1cc(NC(=O)C2CCCN(C(=O)OCc3ccccc3)C2)cn1. The van der Waals surface area contributed by atoms with E-state index in [0.29, 0.717) is 18.8 Å². The number of carbonyl (C=O) groups is 2. The van der Waals surface area contributed by atoms with Crippen LogP contribution in [0.1, 0.15) is 25.3 Å². The molecule has 1 aromatic carbocycles. The Morgan fingerprint density at radius 3 is 2.85 bits per heavy atom. The molecule has 0 aliphatic carbocycles. The molecule has 0 radical (unpaired) electrons. The molecule has 7 heteroatoms. The summed E-state index contributed by atoms with van der Waals surface area (Å²) in [4.78, 5) is 26.4. The van der Waals surface area contributed by atoms with Crippen molar-refractivity contribution in [3.8, 4) is 0 Å². The zero-order valence-electron chi connectivity index (χ0n) is 14.9. The lowest BCUT2D eigenvalue weighted by atomic mass is 9.97. The molecule has 1 aromatic heterocycles. The van der Waals surface area contributed by atoms with Crippen LogP contribution in [-0.4, -0.2) is 39.8 Å². The molecule has 138 valence electrons. The fourth-order valence-corrected chi connectivity index (χ4v) is 3.01. The number of aromatic nitrogens is 2. The highest BCUT2D eigenvalue weighted by Crippen LogP contribution is 2.19. The Morgan fingerprint density at radius 1 is 1.31 bits per heavy atom. The Kier molecular flexibility index (Phi) is 5.88. The van der Waals surface area contributed by atoms with Gasteiger partial charge in [-0.05, 0) is 25.3 Å². The lowest BCUT2D eigenvalue weighted by Gasteiger charge is -2.31. The molecular formula is C19H24N4O3. The predicted molar refractivity (Wildman–Crippen MR) is 97.5 cm³/mol. The van der Waals surface area contributed by atoms with Gasteiger partial charge >= 0.3 is 6.09 Å². The number of hydrogen-bond donors (Lipinski definition) is 1. The number of nitrogens with one attached hydrogen (secondary N) is 1. The Hall–Kier alpha value is -2.83. The van der Waals surface area contributed by atoms with Crippen LogP contribution in [-0.2, 0) is 22.7 Å². The number of aryl methyl sites for hydroxylation is 1. The third kappa shape index (κ3) is 4.62. The molecule has 2 aromatic rings. The Balaban J connectivity index is 1.51. The number of anilines is 1. The summed E-state index contributed by atoms with van der Waals surface area (Å²) in [6, 6.07) is 9.56. The Labute approximate surface area is 152 Å². The van der Waals surface area contributed by atoms with Gasteiger partial charge in [0.25, 0.3) is 0 Å². The van der Waals surface area contributed by atoms with Gasteiger partial charge < -0.3 is 15.0 Å². The number of likely N-dealkylation sites (tertiary alicyclic amines) is 1. The molecule has 26 heavy (non-hydrogen) atoms. The van der Waals surface area contributed by atoms with Gasteiger partial charge in [0.2, 0.25) is 5.91 Å². The summed E-state index contributed by atoms with van der Waals surface area (Å²) in [5.41, 5.74) is 1.63. The van der Waals surface area contributed by atoms with Crippen molar-refractivity contribution < 1.29 is 14.3 Å². The van der Waals surface area contributed by atoms with Crippen molar-refractivity contribution in [1.29, 1.82) is 0 Å². The second-order valence-electron chi connectivity index (χ2n) is 6.40. The summed E-state index contributed by atoms with van der Waals surface area (Å²) in [5, 5.41) is 7.03. The first-order chi connectivity index (χ1) is 12.7. The van der Waals surface area contributed by atoms with Gasteiger partial charge in [0.1, 0.15) is 6.61 Å². The molecule has 0 bridgehead atoms. The monoisotopic (exact) mass is 356 g/mol. The third-order valence-corrected chi connectivity index (χ3v) is 4.48. The molecular weight excluding hydrogens is 332 g/mol. The molecule has 1 unspecified atom stereocenters. The fraction of sp³-hybridized carbons (Fsp3) is 0.421. The lowest BCUT2D eigenvalue weighted by molar-refractivity contribution is -0.121. The smallest absolute Gasteiger partial charge is 0.410 e. The zero-order chi connectivity index (χ0) is 18.4. The van der Waals surface area contributed by atoms with Crippen LogP contribution < -0.4 is 5.32 Å². The number of rotatable bonds is 5. The maximum absolute atomic E-state index is 12.5. The standard InChI is InChI=1S/C19H24N4O3/c1-2-23-13-17(11-20-23)21-18(24)16-9-6-10-22(12-16)19(25)26-14-15-7-4-3-5-8-15/h3-5,7-8,11,13,16H,2,6,9-10,12,14H2,1H3,(H,21,24). The fourth-order valence-electron chi connectivity index (χ4n) is 3.01. The summed E-state index contributed by atoms with van der Waals surface area (Å²) < 4.78 is 7.13. The van der Waals surface area contributed by atoms with E-state index < -0.39 is 0 Å². The topological polar surface area (TPSA) is 76.5 Å². The van der Waals surface area contributed by atoms with Gasteiger partial charge in [-0.3, -0.25) is 9.48 Å². The first-order valence-corrected chi connectivity index (χ1v) is 8.94. The molecule has 1 aliphatic heterocycles. The summed E-state index contributed by atoms with van der Waals surface area (Å²) >= 11 is 0. The molecule has 1 saturated heterocycles. The number of carbonyl (C=O) groups excluding carboxylic acids is 2. The van der Waals surface area contributed by atoms with Crippen molar-refractivity contribution in [2.45, 2.75) is 32.9 Å². The van der Waals surface area contributed by atoms with Crippen LogP contribution in [0.2, 0.25) is 0 Å². The van der Waals surface area contributed by atoms with Crippen LogP contribution in [0.15, 0.2) is 42.7 Å². The van der Waals surface area contributed by atoms with Gasteiger partial charge in [-0.2, -0.15) is 5.10 Å². The van der Waals surface area contributed by atoms with Crippen molar-refractivity contribution in [2.75, 3.05) is 18.4 Å². The van der Waals surface area contributed by atoms with Gasteiger partial charge in [0.05, 0.1) is 17.8 Å². The summed E-state index contributed by atoms with van der Waals surface area (Å²) in [6.07, 6.45) is 4.61. The van der Waals surface area contributed by atoms with E-state index in [1.54, 1.807) is 22.0 Å². The number of nitrogens with zero attached hydrogens (tertiary/aromatic N) is 3. The largest absolute Gasteiger partial charge is 0.445 e. The van der Waals surface area contributed by atoms with Crippen molar-refractivity contribution in [2.24, 2.45) is 5.92 Å². The van der Waals surface area contributed by atoms with E-state index in [0.717, 1.165) is 24.9 Å². The molecule has 2 heterocycles. The van der Waals surface area contributed by atoms with Crippen molar-refractivity contribution in [1.82, 2.24) is 14.7 Å². The highest BCUT2D eigenvalue weighted by molar-refractivity contribution is 5.92. The van der Waals surface area contributed by atoms with E-state index >= 15 is 0 Å². The van der Waals surface area contributed by atoms with E-state index in [9.17, 15) is 9.59 Å². The van der Waals surface area contributed by atoms with Crippen molar-refractivity contribution in [3.63, 3.8) is 0 Å². The molecule has 3 rings (SSSR count). The molecule has 0 spiro atoms. The van der Waals surface area contributed by atoms with Gasteiger partial charge in [-0.25, -0.2) is 4.79 Å². The third-order valence-electron chi connectivity index (χ3n) is 4.48. The highest BCUT2D eigenvalue weighted by Gasteiger charge is 2.29. The molecule has 1 N–H and O–H groups in total. The van der Waals surface area contributed by atoms with E-state index in [2.05, 4.69) is 10.4 Å². The Morgan fingerprint density at radius 2 is 2.12 bits per heavy atom. The maximum atomic E-state index is 12.5. The minimum absolute atomic E-state index is 0.0822. The molecule has 2 amide bonds. The number of piperidine rings is 1. The van der Waals surface area contributed by atoms with Crippen LogP contribution in [0.5, 0.6) is 0 Å². The van der Waals surface area contributed by atoms with Gasteiger partial charge in [0.15, 0.2) is 0 Å². The molecule has 0 saturated carbocycles. The van der Waals surface area contributed by atoms with E-state index in [1.807, 2.05) is 37.3 Å². The van der Waals surface area contributed by atoms with Crippen LogP contribution in [0.4, 0.5) is 10.5 Å². The number of amides is 2. The van der Waals surface area contributed by atoms with E-state index in [-0.39, 0.29) is 24.5 Å². The molecule has 1 fully saturated rings. The number of benzene rings is 1. The maximum Gasteiger partial charge on any atom is 0.410 e. The number of hydrogen-bond acceptors (Lipinski definition) is 4. The number of ether oxygens (including phenoxy) is 1. The summed E-state index contributed by atoms with van der Waals surface area (Å²) in [5.74, 6) is -0.320. The summed E-state index contributed by atoms with van der Waals surface area (Å²) in [6.45, 7) is 3.97. The zero-order valence-corrected chi connectivity index (χ0v) is 14.9. The van der Waals surface area contributed by atoms with Crippen molar-refractivity contribution in [3.05, 3.63) is 48.3 Å². The van der Waals surface area contributed by atoms with Crippen LogP contribution in [0.25, 0.3) is 0 Å². The average Bonchev–Trinajstić information content (AvgIpc) is 3.14.